The predicted molar refractivity (Wildman–Crippen MR) is 112 cm³/mol. The number of amides is 1. The summed E-state index contributed by atoms with van der Waals surface area (Å²) in [5.41, 5.74) is 2.42. The van der Waals surface area contributed by atoms with Gasteiger partial charge in [-0.25, -0.2) is 4.79 Å². The number of carbonyl (C=O) groups excluding carboxylic acids is 1. The summed E-state index contributed by atoms with van der Waals surface area (Å²) in [4.78, 5) is 24.7. The Bertz CT molecular complexity index is 952. The number of hydrogen-bond donors (Lipinski definition) is 1. The zero-order valence-electron chi connectivity index (χ0n) is 17.4. The molecule has 2 aromatic rings. The van der Waals surface area contributed by atoms with Crippen molar-refractivity contribution in [1.82, 2.24) is 14.7 Å². The van der Waals surface area contributed by atoms with Gasteiger partial charge in [-0.05, 0) is 48.3 Å². The lowest BCUT2D eigenvalue weighted by Crippen LogP contribution is -2.42. The minimum absolute atomic E-state index is 0.0419. The van der Waals surface area contributed by atoms with Gasteiger partial charge in [-0.15, -0.1) is 11.3 Å². The molecule has 2 aromatic heterocycles. The van der Waals surface area contributed by atoms with Gasteiger partial charge in [-0.2, -0.15) is 18.3 Å². The first kappa shape index (κ1) is 24.0. The molecule has 1 N–H and O–H groups in total. The Morgan fingerprint density at radius 1 is 1.38 bits per heavy atom. The highest BCUT2D eigenvalue weighted by Crippen LogP contribution is 2.35. The number of fused-ring (bicyclic) bond motifs is 1. The molecule has 0 radical (unpaired) electrons. The molecule has 32 heavy (non-hydrogen) atoms. The molecule has 4 rings (SSSR count). The Morgan fingerprint density at radius 2 is 2.09 bits per heavy atom. The molecule has 0 bridgehead atoms. The summed E-state index contributed by atoms with van der Waals surface area (Å²) in [5.74, 6) is -1.97. The van der Waals surface area contributed by atoms with Gasteiger partial charge in [-0.3, -0.25) is 9.48 Å². The highest BCUT2D eigenvalue weighted by Gasteiger charge is 2.38. The molecule has 1 unspecified atom stereocenters. The minimum atomic E-state index is -5.08. The van der Waals surface area contributed by atoms with E-state index >= 15 is 0 Å². The molecular formula is C21H24F3N3O4S. The van der Waals surface area contributed by atoms with Gasteiger partial charge in [-0.1, -0.05) is 6.07 Å². The summed E-state index contributed by atoms with van der Waals surface area (Å²) in [6.45, 7) is 2.17. The quantitative estimate of drug-likeness (QED) is 0.649. The van der Waals surface area contributed by atoms with Crippen LogP contribution in [0, 0.1) is 5.92 Å². The third-order valence-electron chi connectivity index (χ3n) is 5.19. The van der Waals surface area contributed by atoms with Gasteiger partial charge in [0.2, 0.25) is 5.91 Å². The van der Waals surface area contributed by atoms with E-state index in [1.807, 2.05) is 34.7 Å². The molecule has 0 saturated heterocycles. The molecule has 7 nitrogen and oxygen atoms in total. The Hall–Kier alpha value is -2.66. The Kier molecular flexibility index (Phi) is 7.73. The molecule has 11 heteroatoms. The molecule has 1 saturated carbocycles. The van der Waals surface area contributed by atoms with E-state index in [0.717, 1.165) is 29.5 Å². The second-order valence-corrected chi connectivity index (χ2v) is 8.56. The molecule has 1 fully saturated rings. The lowest BCUT2D eigenvalue weighted by molar-refractivity contribution is -0.192. The van der Waals surface area contributed by atoms with Gasteiger partial charge in [0.1, 0.15) is 0 Å². The van der Waals surface area contributed by atoms with Crippen molar-refractivity contribution < 1.29 is 32.6 Å². The largest absolute Gasteiger partial charge is 0.490 e. The highest BCUT2D eigenvalue weighted by atomic mass is 32.1. The Balaban J connectivity index is 0.000000360. The van der Waals surface area contributed by atoms with Crippen LogP contribution in [-0.4, -0.2) is 58.1 Å². The number of halogens is 3. The molecule has 174 valence electrons. The van der Waals surface area contributed by atoms with Crippen molar-refractivity contribution in [2.45, 2.75) is 38.0 Å². The summed E-state index contributed by atoms with van der Waals surface area (Å²) < 4.78 is 39.3. The van der Waals surface area contributed by atoms with Crippen molar-refractivity contribution in [3.63, 3.8) is 0 Å². The number of alkyl halides is 3. The summed E-state index contributed by atoms with van der Waals surface area (Å²) >= 11 is 1.63. The van der Waals surface area contributed by atoms with E-state index in [2.05, 4.69) is 9.78 Å². The second kappa shape index (κ2) is 10.3. The molecule has 1 amide bonds. The van der Waals surface area contributed by atoms with Crippen LogP contribution >= 0.6 is 11.3 Å². The van der Waals surface area contributed by atoms with Crippen molar-refractivity contribution in [3.8, 4) is 0 Å². The summed E-state index contributed by atoms with van der Waals surface area (Å²) in [6, 6.07) is 3.95. The van der Waals surface area contributed by atoms with Crippen LogP contribution in [-0.2, 0) is 27.3 Å². The van der Waals surface area contributed by atoms with Crippen molar-refractivity contribution in [2.24, 2.45) is 5.92 Å². The van der Waals surface area contributed by atoms with Crippen molar-refractivity contribution in [1.29, 1.82) is 0 Å². The van der Waals surface area contributed by atoms with Crippen LogP contribution in [0.4, 0.5) is 13.2 Å². The fourth-order valence-corrected chi connectivity index (χ4v) is 4.09. The van der Waals surface area contributed by atoms with Crippen LogP contribution in [0.1, 0.15) is 35.0 Å². The van der Waals surface area contributed by atoms with E-state index in [-0.39, 0.29) is 11.9 Å². The average Bonchev–Trinajstić information content (AvgIpc) is 3.22. The fraction of sp³-hybridized carbons (Fsp3) is 0.476. The van der Waals surface area contributed by atoms with E-state index in [1.54, 1.807) is 24.5 Å². The zero-order valence-corrected chi connectivity index (χ0v) is 18.2. The Morgan fingerprint density at radius 3 is 2.66 bits per heavy atom. The smallest absolute Gasteiger partial charge is 0.475 e. The fourth-order valence-electron chi connectivity index (χ4n) is 3.47. The number of aromatic nitrogens is 2. The monoisotopic (exact) mass is 471 g/mol. The summed E-state index contributed by atoms with van der Waals surface area (Å²) in [7, 11) is 1.69. The van der Waals surface area contributed by atoms with Gasteiger partial charge in [0.05, 0.1) is 24.5 Å². The van der Waals surface area contributed by atoms with Gasteiger partial charge in [0, 0.05) is 31.2 Å². The standard InChI is InChI=1S/C19H23N3O2S.C2HF3O2/c1-24-13-17-19-15(11-20-22(19)12-14-4-5-14)8-9-21(17)18(23)7-6-16-3-2-10-25-16;3-2(4,5)1(6)7/h2-3,6-7,10-11,14,17H,4-5,8-9,12-13H2,1H3;(H,6,7)/b7-6+;. The third-order valence-corrected chi connectivity index (χ3v) is 6.02. The SMILES string of the molecule is COCC1c2c(cnn2CC2CC2)CCN1C(=O)/C=C/c1cccs1.O=C(O)C(F)(F)F. The van der Waals surface area contributed by atoms with Gasteiger partial charge in [0.25, 0.3) is 0 Å². The number of aliphatic carboxylic acids is 1. The van der Waals surface area contributed by atoms with E-state index in [0.29, 0.717) is 13.2 Å². The number of carboxylic acid groups (broad SMARTS) is 1. The number of rotatable bonds is 6. The number of hydrogen-bond acceptors (Lipinski definition) is 5. The molecule has 2 aliphatic rings. The third kappa shape index (κ3) is 6.19. The van der Waals surface area contributed by atoms with Crippen LogP contribution in [0.3, 0.4) is 0 Å². The Labute approximate surface area is 187 Å². The molecule has 1 aliphatic heterocycles. The average molecular weight is 472 g/mol. The lowest BCUT2D eigenvalue weighted by Gasteiger charge is -2.35. The minimum Gasteiger partial charge on any atom is -0.475 e. The predicted octanol–water partition coefficient (Wildman–Crippen LogP) is 3.77. The number of nitrogens with zero attached hydrogens (tertiary/aromatic N) is 3. The molecule has 0 aromatic carbocycles. The van der Waals surface area contributed by atoms with Gasteiger partial charge >= 0.3 is 12.1 Å². The zero-order chi connectivity index (χ0) is 23.3. The van der Waals surface area contributed by atoms with Crippen molar-refractivity contribution in [2.75, 3.05) is 20.3 Å². The normalized spacial score (nSPS) is 18.2. The van der Waals surface area contributed by atoms with Crippen LogP contribution in [0.2, 0.25) is 0 Å². The number of carboxylic acids is 1. The second-order valence-electron chi connectivity index (χ2n) is 7.58. The van der Waals surface area contributed by atoms with E-state index in [1.165, 1.54) is 18.4 Å². The maximum absolute atomic E-state index is 12.8. The van der Waals surface area contributed by atoms with E-state index < -0.39 is 12.1 Å². The number of carbonyl (C=O) groups is 2. The van der Waals surface area contributed by atoms with Crippen LogP contribution < -0.4 is 0 Å². The number of thiophene rings is 1. The molecular weight excluding hydrogens is 447 g/mol. The molecule has 0 spiro atoms. The molecule has 3 heterocycles. The highest BCUT2D eigenvalue weighted by molar-refractivity contribution is 7.10. The van der Waals surface area contributed by atoms with Gasteiger partial charge < -0.3 is 14.7 Å². The van der Waals surface area contributed by atoms with E-state index in [9.17, 15) is 18.0 Å². The first-order valence-corrected chi connectivity index (χ1v) is 10.9. The van der Waals surface area contributed by atoms with Crippen LogP contribution in [0.25, 0.3) is 6.08 Å². The molecule has 1 aliphatic carbocycles. The maximum atomic E-state index is 12.8. The summed E-state index contributed by atoms with van der Waals surface area (Å²) in [6.07, 6.45) is 3.91. The topological polar surface area (TPSA) is 84.7 Å². The van der Waals surface area contributed by atoms with Crippen LogP contribution in [0.5, 0.6) is 0 Å². The van der Waals surface area contributed by atoms with Crippen molar-refractivity contribution >= 4 is 29.3 Å². The number of ether oxygens (including phenoxy) is 1. The van der Waals surface area contributed by atoms with Gasteiger partial charge in [0.15, 0.2) is 0 Å². The maximum Gasteiger partial charge on any atom is 0.490 e. The lowest BCUT2D eigenvalue weighted by atomic mass is 9.99. The van der Waals surface area contributed by atoms with E-state index in [4.69, 9.17) is 14.6 Å². The first-order valence-electron chi connectivity index (χ1n) is 10.1. The first-order chi connectivity index (χ1) is 15.2. The van der Waals surface area contributed by atoms with Crippen molar-refractivity contribution in [3.05, 3.63) is 45.9 Å². The van der Waals surface area contributed by atoms with Crippen LogP contribution in [0.15, 0.2) is 29.8 Å². The summed E-state index contributed by atoms with van der Waals surface area (Å²) in [5, 5.41) is 13.7. The number of methoxy groups -OCH3 is 1. The molecule has 1 atom stereocenters.